The lowest BCUT2D eigenvalue weighted by molar-refractivity contribution is -0.145. The summed E-state index contributed by atoms with van der Waals surface area (Å²) in [5.41, 5.74) is -1.87. The number of rotatable bonds is 2. The van der Waals surface area contributed by atoms with E-state index in [0.717, 1.165) is 25.5 Å². The molecule has 2 amide bonds. The van der Waals surface area contributed by atoms with Crippen LogP contribution in [0.2, 0.25) is 0 Å². The van der Waals surface area contributed by atoms with Gasteiger partial charge in [0.05, 0.1) is 5.41 Å². The van der Waals surface area contributed by atoms with Gasteiger partial charge in [-0.15, -0.1) is 0 Å². The molecule has 1 spiro atoms. The molecular weight excluding hydrogens is 300 g/mol. The van der Waals surface area contributed by atoms with Gasteiger partial charge in [-0.05, 0) is 26.2 Å². The van der Waals surface area contributed by atoms with E-state index >= 15 is 0 Å². The number of carbonyl (C=O) groups excluding carboxylic acids is 2. The fourth-order valence-corrected chi connectivity index (χ4v) is 3.63. The van der Waals surface area contributed by atoms with Crippen LogP contribution in [0.4, 0.5) is 0 Å². The van der Waals surface area contributed by atoms with Crippen LogP contribution in [0.25, 0.3) is 0 Å². The molecule has 0 radical (unpaired) electrons. The van der Waals surface area contributed by atoms with Gasteiger partial charge >= 0.3 is 5.69 Å². The van der Waals surface area contributed by atoms with Crippen LogP contribution in [0.3, 0.4) is 0 Å². The highest BCUT2D eigenvalue weighted by Crippen LogP contribution is 2.40. The molecule has 3 rings (SSSR count). The molecule has 2 N–H and O–H groups in total. The molecule has 1 aromatic heterocycles. The van der Waals surface area contributed by atoms with Gasteiger partial charge in [0, 0.05) is 32.2 Å². The molecule has 8 heteroatoms. The van der Waals surface area contributed by atoms with Gasteiger partial charge in [-0.1, -0.05) is 0 Å². The summed E-state index contributed by atoms with van der Waals surface area (Å²) in [6.07, 6.45) is 2.34. The molecule has 8 nitrogen and oxygen atoms in total. The molecule has 0 bridgehead atoms. The number of H-pyrrole nitrogens is 2. The zero-order valence-corrected chi connectivity index (χ0v) is 13.1. The Kier molecular flexibility index (Phi) is 3.83. The number of aromatic amines is 2. The highest BCUT2D eigenvalue weighted by Gasteiger charge is 2.49. The molecule has 2 aliphatic rings. The number of piperidine rings is 1. The lowest BCUT2D eigenvalue weighted by Crippen LogP contribution is -2.50. The van der Waals surface area contributed by atoms with E-state index in [-0.39, 0.29) is 11.6 Å². The Morgan fingerprint density at radius 2 is 2.00 bits per heavy atom. The predicted molar refractivity (Wildman–Crippen MR) is 82.1 cm³/mol. The maximum absolute atomic E-state index is 12.7. The molecule has 0 aromatic carbocycles. The standard InChI is InChI=1S/C15H20N4O4/c1-2-18-6-3-4-15(13(18)22)5-7-19(9-15)12(21)10-8-11(20)17-14(23)16-10/h8H,2-7,9H2,1H3,(H2,16,17,20,23)/t15-/m0/s1. The largest absolute Gasteiger partial charge is 0.342 e. The third-order valence-electron chi connectivity index (χ3n) is 4.84. The molecular formula is C15H20N4O4. The topological polar surface area (TPSA) is 106 Å². The van der Waals surface area contributed by atoms with E-state index in [1.807, 2.05) is 16.8 Å². The first-order valence-corrected chi connectivity index (χ1v) is 7.87. The molecule has 2 aliphatic heterocycles. The van der Waals surface area contributed by atoms with E-state index in [1.165, 1.54) is 0 Å². The van der Waals surface area contributed by atoms with Crippen molar-refractivity contribution in [2.24, 2.45) is 5.41 Å². The van der Waals surface area contributed by atoms with Crippen molar-refractivity contribution >= 4 is 11.8 Å². The number of nitrogens with one attached hydrogen (secondary N) is 2. The summed E-state index contributed by atoms with van der Waals surface area (Å²) >= 11 is 0. The van der Waals surface area contributed by atoms with Crippen molar-refractivity contribution in [1.82, 2.24) is 19.8 Å². The smallest absolute Gasteiger partial charge is 0.326 e. The summed E-state index contributed by atoms with van der Waals surface area (Å²) in [7, 11) is 0. The number of hydrogen-bond acceptors (Lipinski definition) is 4. The first-order chi connectivity index (χ1) is 10.9. The number of nitrogens with zero attached hydrogens (tertiary/aromatic N) is 2. The molecule has 0 unspecified atom stereocenters. The predicted octanol–water partition coefficient (Wildman–Crippen LogP) is -0.462. The third kappa shape index (κ3) is 2.69. The zero-order valence-electron chi connectivity index (χ0n) is 13.1. The Morgan fingerprint density at radius 1 is 1.22 bits per heavy atom. The van der Waals surface area contributed by atoms with E-state index in [9.17, 15) is 19.2 Å². The van der Waals surface area contributed by atoms with Crippen molar-refractivity contribution in [3.63, 3.8) is 0 Å². The van der Waals surface area contributed by atoms with Crippen molar-refractivity contribution in [2.45, 2.75) is 26.2 Å². The normalized spacial score (nSPS) is 24.5. The SMILES string of the molecule is CCN1CCC[C@@]2(CCN(C(=O)c3cc(=O)[nH]c(=O)[nH]3)C2)C1=O. The summed E-state index contributed by atoms with van der Waals surface area (Å²) in [6.45, 7) is 4.20. The third-order valence-corrected chi connectivity index (χ3v) is 4.84. The maximum Gasteiger partial charge on any atom is 0.326 e. The van der Waals surface area contributed by atoms with E-state index in [0.29, 0.717) is 26.1 Å². The number of hydrogen-bond donors (Lipinski definition) is 2. The van der Waals surface area contributed by atoms with Crippen LogP contribution >= 0.6 is 0 Å². The Balaban J connectivity index is 1.81. The Hall–Kier alpha value is -2.38. The number of aromatic nitrogens is 2. The van der Waals surface area contributed by atoms with Crippen LogP contribution < -0.4 is 11.2 Å². The molecule has 0 aliphatic carbocycles. The van der Waals surface area contributed by atoms with E-state index in [1.54, 1.807) is 4.90 Å². The van der Waals surface area contributed by atoms with Crippen LogP contribution in [-0.2, 0) is 4.79 Å². The van der Waals surface area contributed by atoms with Crippen molar-refractivity contribution in [3.05, 3.63) is 32.6 Å². The monoisotopic (exact) mass is 320 g/mol. The van der Waals surface area contributed by atoms with Gasteiger partial charge in [0.2, 0.25) is 5.91 Å². The van der Waals surface area contributed by atoms with Gasteiger partial charge < -0.3 is 14.8 Å². The number of amides is 2. The van der Waals surface area contributed by atoms with Crippen LogP contribution in [0.15, 0.2) is 15.7 Å². The average Bonchev–Trinajstić information content (AvgIpc) is 2.93. The average molecular weight is 320 g/mol. The van der Waals surface area contributed by atoms with Crippen LogP contribution in [0.1, 0.15) is 36.7 Å². The van der Waals surface area contributed by atoms with Crippen LogP contribution in [0, 0.1) is 5.41 Å². The van der Waals surface area contributed by atoms with E-state index in [4.69, 9.17) is 0 Å². The van der Waals surface area contributed by atoms with E-state index < -0.39 is 22.6 Å². The zero-order chi connectivity index (χ0) is 16.6. The van der Waals surface area contributed by atoms with Crippen molar-refractivity contribution < 1.29 is 9.59 Å². The minimum atomic E-state index is -0.708. The lowest BCUT2D eigenvalue weighted by Gasteiger charge is -2.38. The quantitative estimate of drug-likeness (QED) is 0.769. The second-order valence-electron chi connectivity index (χ2n) is 6.25. The molecule has 2 saturated heterocycles. The van der Waals surface area contributed by atoms with Gasteiger partial charge in [0.1, 0.15) is 5.69 Å². The van der Waals surface area contributed by atoms with Gasteiger partial charge in [0.15, 0.2) is 0 Å². The molecule has 1 aromatic rings. The maximum atomic E-state index is 12.7. The van der Waals surface area contributed by atoms with Crippen molar-refractivity contribution in [3.8, 4) is 0 Å². The summed E-state index contributed by atoms with van der Waals surface area (Å²) in [5, 5.41) is 0. The molecule has 23 heavy (non-hydrogen) atoms. The van der Waals surface area contributed by atoms with Gasteiger partial charge in [0.25, 0.3) is 11.5 Å². The number of likely N-dealkylation sites (tertiary alicyclic amines) is 2. The second kappa shape index (κ2) is 5.68. The fraction of sp³-hybridized carbons (Fsp3) is 0.600. The van der Waals surface area contributed by atoms with E-state index in [2.05, 4.69) is 4.98 Å². The summed E-state index contributed by atoms with van der Waals surface area (Å²) in [4.78, 5) is 55.6. The van der Waals surface area contributed by atoms with Crippen LogP contribution in [0.5, 0.6) is 0 Å². The van der Waals surface area contributed by atoms with Gasteiger partial charge in [-0.2, -0.15) is 0 Å². The summed E-state index contributed by atoms with van der Waals surface area (Å²) < 4.78 is 0. The second-order valence-corrected chi connectivity index (χ2v) is 6.25. The minimum absolute atomic E-state index is 0.0357. The first kappa shape index (κ1) is 15.5. The molecule has 2 fully saturated rings. The van der Waals surface area contributed by atoms with Gasteiger partial charge in [-0.3, -0.25) is 19.4 Å². The Bertz CT molecular complexity index is 724. The van der Waals surface area contributed by atoms with Gasteiger partial charge in [-0.25, -0.2) is 4.79 Å². The molecule has 3 heterocycles. The highest BCUT2D eigenvalue weighted by atomic mass is 16.2. The molecule has 1 atom stereocenters. The van der Waals surface area contributed by atoms with Crippen molar-refractivity contribution in [2.75, 3.05) is 26.2 Å². The molecule has 124 valence electrons. The lowest BCUT2D eigenvalue weighted by atomic mass is 9.78. The Labute approximate surface area is 132 Å². The molecule has 0 saturated carbocycles. The highest BCUT2D eigenvalue weighted by molar-refractivity contribution is 5.93. The number of carbonyl (C=O) groups is 2. The minimum Gasteiger partial charge on any atom is -0.342 e. The summed E-state index contributed by atoms with van der Waals surface area (Å²) in [6, 6.07) is 1.08. The Morgan fingerprint density at radius 3 is 2.70 bits per heavy atom. The van der Waals surface area contributed by atoms with Crippen LogP contribution in [-0.4, -0.2) is 57.8 Å². The fourth-order valence-electron chi connectivity index (χ4n) is 3.63. The first-order valence-electron chi connectivity index (χ1n) is 7.87. The van der Waals surface area contributed by atoms with Crippen molar-refractivity contribution in [1.29, 1.82) is 0 Å². The summed E-state index contributed by atoms with van der Waals surface area (Å²) in [5.74, 6) is -0.299.